The number of nitrogens with one attached hydrogen (secondary N) is 1. The van der Waals surface area contributed by atoms with Crippen LogP contribution >= 0.6 is 11.5 Å². The van der Waals surface area contributed by atoms with Crippen LogP contribution in [0.5, 0.6) is 0 Å². The molecular weight excluding hydrogens is 274 g/mol. The molecule has 0 aliphatic heterocycles. The van der Waals surface area contributed by atoms with Crippen molar-refractivity contribution in [3.05, 3.63) is 36.0 Å². The molecule has 7 heteroatoms. The van der Waals surface area contributed by atoms with E-state index in [0.717, 1.165) is 10.6 Å². The number of rotatable bonds is 4. The fraction of sp³-hybridized carbons (Fsp3) is 0.308. The molecule has 0 amide bonds. The van der Waals surface area contributed by atoms with Gasteiger partial charge < -0.3 is 10.4 Å². The molecule has 1 aliphatic carbocycles. The molecule has 0 unspecified atom stereocenters. The molecule has 6 nitrogen and oxygen atoms in total. The van der Waals surface area contributed by atoms with E-state index in [1.165, 1.54) is 30.1 Å². The van der Waals surface area contributed by atoms with E-state index in [9.17, 15) is 0 Å². The molecule has 0 saturated heterocycles. The van der Waals surface area contributed by atoms with Crippen molar-refractivity contribution < 1.29 is 5.11 Å². The van der Waals surface area contributed by atoms with Crippen LogP contribution in [0.25, 0.3) is 5.65 Å². The van der Waals surface area contributed by atoms with Crippen LogP contribution in [0, 0.1) is 0 Å². The molecule has 1 aliphatic rings. The lowest BCUT2D eigenvalue weighted by atomic mass is 10.3. The van der Waals surface area contributed by atoms with Crippen molar-refractivity contribution in [3.63, 3.8) is 0 Å². The molecule has 1 fully saturated rings. The summed E-state index contributed by atoms with van der Waals surface area (Å²) in [6.07, 6.45) is 8.15. The summed E-state index contributed by atoms with van der Waals surface area (Å²) in [6.45, 7) is -0.0506. The largest absolute Gasteiger partial charge is 0.390 e. The number of hydrogen-bond acceptors (Lipinski definition) is 6. The van der Waals surface area contributed by atoms with Crippen LogP contribution in [0.15, 0.2) is 24.7 Å². The first kappa shape index (κ1) is 11.8. The molecule has 3 aromatic rings. The summed E-state index contributed by atoms with van der Waals surface area (Å²) in [4.78, 5) is 8.83. The van der Waals surface area contributed by atoms with Crippen LogP contribution in [-0.4, -0.2) is 23.8 Å². The van der Waals surface area contributed by atoms with Crippen LogP contribution < -0.4 is 5.32 Å². The Bertz CT molecular complexity index is 761. The second-order valence-electron chi connectivity index (χ2n) is 4.89. The van der Waals surface area contributed by atoms with E-state index in [-0.39, 0.29) is 6.61 Å². The van der Waals surface area contributed by atoms with E-state index >= 15 is 0 Å². The minimum atomic E-state index is -0.0506. The highest BCUT2D eigenvalue weighted by Gasteiger charge is 2.27. The van der Waals surface area contributed by atoms with Gasteiger partial charge in [0.05, 0.1) is 12.3 Å². The Morgan fingerprint density at radius 1 is 1.40 bits per heavy atom. The Morgan fingerprint density at radius 3 is 3.05 bits per heavy atom. The van der Waals surface area contributed by atoms with Gasteiger partial charge in [-0.25, -0.2) is 9.97 Å². The minimum Gasteiger partial charge on any atom is -0.390 e. The first-order valence-corrected chi connectivity index (χ1v) is 7.28. The smallest absolute Gasteiger partial charge is 0.180 e. The lowest BCUT2D eigenvalue weighted by Gasteiger charge is -2.04. The van der Waals surface area contributed by atoms with Gasteiger partial charge in [0.2, 0.25) is 0 Å². The molecule has 0 radical (unpaired) electrons. The number of aromatic nitrogens is 4. The average Bonchev–Trinajstić information content (AvgIpc) is 3.05. The number of fused-ring (bicyclic) bond motifs is 1. The lowest BCUT2D eigenvalue weighted by Crippen LogP contribution is -1.98. The molecule has 20 heavy (non-hydrogen) atoms. The highest BCUT2D eigenvalue weighted by Crippen LogP contribution is 2.40. The Labute approximate surface area is 119 Å². The van der Waals surface area contributed by atoms with E-state index < -0.39 is 0 Å². The molecule has 3 heterocycles. The molecule has 0 atom stereocenters. The van der Waals surface area contributed by atoms with Gasteiger partial charge in [0.25, 0.3) is 0 Å². The van der Waals surface area contributed by atoms with Crippen LogP contribution in [0.3, 0.4) is 0 Å². The standard InChI is InChI=1S/C13H13N5OS/c19-7-9-5-11(20-17-9)16-12-13-15-6-10(8-1-2-8)18(13)4-3-14-12/h3-6,8,19H,1-2,7H2,(H,14,16). The van der Waals surface area contributed by atoms with Crippen molar-refractivity contribution in [1.82, 2.24) is 18.7 Å². The van der Waals surface area contributed by atoms with Crippen molar-refractivity contribution in [2.24, 2.45) is 0 Å². The van der Waals surface area contributed by atoms with Crippen LogP contribution in [0.1, 0.15) is 30.1 Å². The van der Waals surface area contributed by atoms with Gasteiger partial charge in [-0.1, -0.05) is 0 Å². The average molecular weight is 287 g/mol. The summed E-state index contributed by atoms with van der Waals surface area (Å²) in [5.41, 5.74) is 2.74. The van der Waals surface area contributed by atoms with E-state index in [0.29, 0.717) is 17.4 Å². The van der Waals surface area contributed by atoms with Gasteiger partial charge >= 0.3 is 0 Å². The predicted molar refractivity (Wildman–Crippen MR) is 76.3 cm³/mol. The van der Waals surface area contributed by atoms with Crippen molar-refractivity contribution in [2.75, 3.05) is 5.32 Å². The normalized spacial score (nSPS) is 14.8. The van der Waals surface area contributed by atoms with Crippen molar-refractivity contribution in [2.45, 2.75) is 25.4 Å². The topological polar surface area (TPSA) is 75.3 Å². The van der Waals surface area contributed by atoms with Crippen molar-refractivity contribution in [3.8, 4) is 0 Å². The fourth-order valence-corrected chi connectivity index (χ4v) is 2.93. The van der Waals surface area contributed by atoms with Gasteiger partial charge in [0, 0.05) is 30.2 Å². The van der Waals surface area contributed by atoms with E-state index in [1.54, 1.807) is 6.20 Å². The number of aliphatic hydroxyl groups is 1. The maximum Gasteiger partial charge on any atom is 0.180 e. The Balaban J connectivity index is 1.72. The third kappa shape index (κ3) is 1.95. The molecule has 1 saturated carbocycles. The zero-order valence-corrected chi connectivity index (χ0v) is 11.5. The van der Waals surface area contributed by atoms with Crippen LogP contribution in [0.4, 0.5) is 10.8 Å². The third-order valence-electron chi connectivity index (χ3n) is 3.41. The molecule has 3 aromatic heterocycles. The second kappa shape index (κ2) is 4.53. The van der Waals surface area contributed by atoms with E-state index in [2.05, 4.69) is 24.1 Å². The van der Waals surface area contributed by atoms with Crippen molar-refractivity contribution in [1.29, 1.82) is 0 Å². The van der Waals surface area contributed by atoms with E-state index in [1.807, 2.05) is 18.5 Å². The summed E-state index contributed by atoms with van der Waals surface area (Å²) in [7, 11) is 0. The predicted octanol–water partition coefficient (Wildman–Crippen LogP) is 2.30. The van der Waals surface area contributed by atoms with Gasteiger partial charge in [0.1, 0.15) is 5.00 Å². The molecule has 4 rings (SSSR count). The Morgan fingerprint density at radius 2 is 2.30 bits per heavy atom. The monoisotopic (exact) mass is 287 g/mol. The van der Waals surface area contributed by atoms with Crippen LogP contribution in [0.2, 0.25) is 0 Å². The minimum absolute atomic E-state index is 0.0506. The van der Waals surface area contributed by atoms with Crippen molar-refractivity contribution >= 4 is 28.0 Å². The highest BCUT2D eigenvalue weighted by atomic mass is 32.1. The summed E-state index contributed by atoms with van der Waals surface area (Å²) in [5, 5.41) is 13.1. The maximum atomic E-state index is 9.04. The number of aliphatic hydroxyl groups excluding tert-OH is 1. The highest BCUT2D eigenvalue weighted by molar-refractivity contribution is 7.10. The molecule has 102 valence electrons. The Kier molecular flexibility index (Phi) is 2.68. The summed E-state index contributed by atoms with van der Waals surface area (Å²) < 4.78 is 6.23. The lowest BCUT2D eigenvalue weighted by molar-refractivity contribution is 0.278. The number of nitrogens with zero attached hydrogens (tertiary/aromatic N) is 4. The van der Waals surface area contributed by atoms with Gasteiger partial charge in [-0.05, 0) is 30.4 Å². The molecule has 0 aromatic carbocycles. The molecule has 0 bridgehead atoms. The zero-order chi connectivity index (χ0) is 13.5. The Hall–Kier alpha value is -1.99. The first-order valence-electron chi connectivity index (χ1n) is 6.50. The molecular formula is C13H13N5OS. The van der Waals surface area contributed by atoms with E-state index in [4.69, 9.17) is 5.11 Å². The summed E-state index contributed by atoms with van der Waals surface area (Å²) in [6, 6.07) is 1.82. The van der Waals surface area contributed by atoms with Gasteiger partial charge in [0.15, 0.2) is 11.5 Å². The second-order valence-corrected chi connectivity index (χ2v) is 5.70. The SMILES string of the molecule is OCc1cc(Nc2nccn3c(C4CC4)cnc23)sn1. The summed E-state index contributed by atoms with van der Waals surface area (Å²) in [5.74, 6) is 1.36. The maximum absolute atomic E-state index is 9.04. The fourth-order valence-electron chi connectivity index (χ4n) is 2.27. The molecule has 0 spiro atoms. The van der Waals surface area contributed by atoms with Gasteiger partial charge in [-0.2, -0.15) is 4.37 Å². The quantitative estimate of drug-likeness (QED) is 0.770. The van der Waals surface area contributed by atoms with Crippen LogP contribution in [-0.2, 0) is 6.61 Å². The number of anilines is 2. The number of imidazole rings is 1. The summed E-state index contributed by atoms with van der Waals surface area (Å²) >= 11 is 1.30. The number of hydrogen-bond donors (Lipinski definition) is 2. The first-order chi connectivity index (χ1) is 9.85. The molecule has 2 N–H and O–H groups in total. The van der Waals surface area contributed by atoms with Gasteiger partial charge in [-0.3, -0.25) is 4.40 Å². The third-order valence-corrected chi connectivity index (χ3v) is 4.16. The van der Waals surface area contributed by atoms with Gasteiger partial charge in [-0.15, -0.1) is 0 Å². The zero-order valence-electron chi connectivity index (χ0n) is 10.7.